The number of aryl methyl sites for hydroxylation is 1. The smallest absolute Gasteiger partial charge is 0.0954 e. The van der Waals surface area contributed by atoms with Crippen molar-refractivity contribution >= 4 is 11.3 Å². The maximum atomic E-state index is 6.43. The Morgan fingerprint density at radius 3 is 3.00 bits per heavy atom. The van der Waals surface area contributed by atoms with E-state index in [1.807, 2.05) is 23.9 Å². The Hall–Kier alpha value is -1.17. The average Bonchev–Trinajstić information content (AvgIpc) is 3.18. The fraction of sp³-hybridized carbons (Fsp3) is 0.533. The van der Waals surface area contributed by atoms with Gasteiger partial charge in [-0.1, -0.05) is 0 Å². The summed E-state index contributed by atoms with van der Waals surface area (Å²) in [5.74, 6) is 0.405. The summed E-state index contributed by atoms with van der Waals surface area (Å²) in [6, 6.07) is 4.64. The van der Waals surface area contributed by atoms with Gasteiger partial charge in [-0.3, -0.25) is 0 Å². The molecule has 0 spiro atoms. The second kappa shape index (κ2) is 5.68. The van der Waals surface area contributed by atoms with E-state index in [-0.39, 0.29) is 12.1 Å². The van der Waals surface area contributed by atoms with E-state index in [1.54, 1.807) is 0 Å². The highest BCUT2D eigenvalue weighted by molar-refractivity contribution is 7.12. The predicted octanol–water partition coefficient (Wildman–Crippen LogP) is 2.90. The molecule has 0 aromatic carbocycles. The minimum absolute atomic E-state index is 0.00325. The molecule has 1 aliphatic rings. The molecule has 2 aromatic heterocycles. The van der Waals surface area contributed by atoms with Gasteiger partial charge in [0.2, 0.25) is 0 Å². The molecule has 5 heteroatoms. The van der Waals surface area contributed by atoms with Crippen molar-refractivity contribution in [2.75, 3.05) is 13.2 Å². The average molecular weight is 291 g/mol. The first-order valence-electron chi connectivity index (χ1n) is 7.08. The van der Waals surface area contributed by atoms with Crippen molar-refractivity contribution in [2.45, 2.75) is 32.4 Å². The number of ether oxygens (including phenoxy) is 1. The summed E-state index contributed by atoms with van der Waals surface area (Å²) >= 11 is 1.83. The molecular formula is C15H21N3OS. The number of nitrogens with zero attached hydrogens (tertiary/aromatic N) is 2. The molecule has 4 nitrogen and oxygen atoms in total. The highest BCUT2D eigenvalue weighted by Gasteiger charge is 2.27. The molecule has 3 heterocycles. The van der Waals surface area contributed by atoms with Gasteiger partial charge in [-0.25, -0.2) is 4.98 Å². The lowest BCUT2D eigenvalue weighted by Crippen LogP contribution is -2.25. The first kappa shape index (κ1) is 13.8. The molecule has 0 bridgehead atoms. The maximum Gasteiger partial charge on any atom is 0.0954 e. The van der Waals surface area contributed by atoms with Crippen LogP contribution in [0.15, 0.2) is 24.7 Å². The van der Waals surface area contributed by atoms with Gasteiger partial charge in [-0.2, -0.15) is 0 Å². The second-order valence-corrected chi connectivity index (χ2v) is 6.82. The van der Waals surface area contributed by atoms with E-state index in [0.29, 0.717) is 5.92 Å². The van der Waals surface area contributed by atoms with Crippen LogP contribution in [0, 0.1) is 12.8 Å². The van der Waals surface area contributed by atoms with E-state index in [1.165, 1.54) is 9.75 Å². The number of imidazole rings is 1. The van der Waals surface area contributed by atoms with E-state index >= 15 is 0 Å². The van der Waals surface area contributed by atoms with Crippen molar-refractivity contribution < 1.29 is 4.74 Å². The normalized spacial score (nSPS) is 22.1. The van der Waals surface area contributed by atoms with Crippen LogP contribution in [0.4, 0.5) is 0 Å². The van der Waals surface area contributed by atoms with Crippen molar-refractivity contribution in [2.24, 2.45) is 11.7 Å². The Kier molecular flexibility index (Phi) is 3.92. The van der Waals surface area contributed by atoms with Crippen LogP contribution in [-0.4, -0.2) is 22.8 Å². The van der Waals surface area contributed by atoms with Gasteiger partial charge in [0, 0.05) is 28.5 Å². The second-order valence-electron chi connectivity index (χ2n) is 5.50. The monoisotopic (exact) mass is 291 g/mol. The topological polar surface area (TPSA) is 53.1 Å². The number of rotatable bonds is 4. The van der Waals surface area contributed by atoms with E-state index in [0.717, 1.165) is 25.3 Å². The summed E-state index contributed by atoms with van der Waals surface area (Å²) in [7, 11) is 0. The Bertz CT molecular complexity index is 571. The van der Waals surface area contributed by atoms with Gasteiger partial charge in [-0.15, -0.1) is 11.3 Å². The Morgan fingerprint density at radius 1 is 1.50 bits per heavy atom. The summed E-state index contributed by atoms with van der Waals surface area (Å²) in [4.78, 5) is 6.99. The standard InChI is InChI=1S/C15H21N3OS/c1-10-3-4-14(20-10)11(2)18-9-17-7-13(18)15(16)12-5-6-19-8-12/h3-4,7,9,11-12,15H,5-6,8,16H2,1-2H3. The molecule has 2 N–H and O–H groups in total. The molecule has 1 saturated heterocycles. The highest BCUT2D eigenvalue weighted by atomic mass is 32.1. The van der Waals surface area contributed by atoms with Crippen LogP contribution in [0.25, 0.3) is 0 Å². The number of aromatic nitrogens is 2. The van der Waals surface area contributed by atoms with Crippen LogP contribution in [-0.2, 0) is 4.74 Å². The quantitative estimate of drug-likeness (QED) is 0.942. The van der Waals surface area contributed by atoms with Crippen LogP contribution in [0.3, 0.4) is 0 Å². The molecule has 1 aliphatic heterocycles. The molecule has 108 valence electrons. The minimum Gasteiger partial charge on any atom is -0.381 e. The van der Waals surface area contributed by atoms with Gasteiger partial charge in [0.25, 0.3) is 0 Å². The van der Waals surface area contributed by atoms with Crippen LogP contribution in [0.5, 0.6) is 0 Å². The lowest BCUT2D eigenvalue weighted by atomic mass is 9.97. The molecular weight excluding hydrogens is 270 g/mol. The molecule has 1 fully saturated rings. The number of thiophene rings is 1. The molecule has 3 unspecified atom stereocenters. The van der Waals surface area contributed by atoms with E-state index in [4.69, 9.17) is 10.5 Å². The van der Waals surface area contributed by atoms with Crippen molar-refractivity contribution in [3.05, 3.63) is 40.1 Å². The Labute approximate surface area is 123 Å². The van der Waals surface area contributed by atoms with Gasteiger partial charge in [0.1, 0.15) is 0 Å². The molecule has 0 radical (unpaired) electrons. The van der Waals surface area contributed by atoms with Gasteiger partial charge >= 0.3 is 0 Å². The van der Waals surface area contributed by atoms with Crippen molar-refractivity contribution in [1.82, 2.24) is 9.55 Å². The van der Waals surface area contributed by atoms with Crippen LogP contribution in [0.1, 0.15) is 40.9 Å². The van der Waals surface area contributed by atoms with Crippen LogP contribution in [0.2, 0.25) is 0 Å². The highest BCUT2D eigenvalue weighted by Crippen LogP contribution is 2.31. The van der Waals surface area contributed by atoms with Crippen molar-refractivity contribution in [3.8, 4) is 0 Å². The SMILES string of the molecule is Cc1ccc(C(C)n2cncc2C(N)C2CCOC2)s1. The molecule has 3 rings (SSSR count). The molecule has 2 aromatic rings. The molecule has 3 atom stereocenters. The minimum atomic E-state index is 0.00325. The molecule has 20 heavy (non-hydrogen) atoms. The zero-order valence-corrected chi connectivity index (χ0v) is 12.8. The summed E-state index contributed by atoms with van der Waals surface area (Å²) in [6.07, 6.45) is 4.84. The molecule has 0 aliphatic carbocycles. The third-order valence-electron chi connectivity index (χ3n) is 4.10. The van der Waals surface area contributed by atoms with E-state index < -0.39 is 0 Å². The fourth-order valence-electron chi connectivity index (χ4n) is 2.79. The predicted molar refractivity (Wildman–Crippen MR) is 81.0 cm³/mol. The molecule has 0 saturated carbocycles. The lowest BCUT2D eigenvalue weighted by Gasteiger charge is -2.22. The van der Waals surface area contributed by atoms with Crippen LogP contribution >= 0.6 is 11.3 Å². The number of hydrogen-bond donors (Lipinski definition) is 1. The van der Waals surface area contributed by atoms with Crippen molar-refractivity contribution in [3.63, 3.8) is 0 Å². The van der Waals surface area contributed by atoms with Gasteiger partial charge < -0.3 is 15.0 Å². The number of nitrogens with two attached hydrogens (primary N) is 1. The summed E-state index contributed by atoms with van der Waals surface area (Å²) in [6.45, 7) is 5.93. The zero-order valence-electron chi connectivity index (χ0n) is 12.0. The first-order valence-corrected chi connectivity index (χ1v) is 7.90. The third-order valence-corrected chi connectivity index (χ3v) is 5.27. The first-order chi connectivity index (χ1) is 9.66. The Balaban J connectivity index is 1.85. The van der Waals surface area contributed by atoms with Crippen LogP contribution < -0.4 is 5.73 Å². The maximum absolute atomic E-state index is 6.43. The van der Waals surface area contributed by atoms with E-state index in [2.05, 4.69) is 35.5 Å². The summed E-state index contributed by atoms with van der Waals surface area (Å²) < 4.78 is 7.66. The summed E-state index contributed by atoms with van der Waals surface area (Å²) in [5, 5.41) is 0. The van der Waals surface area contributed by atoms with E-state index in [9.17, 15) is 0 Å². The fourth-order valence-corrected chi connectivity index (χ4v) is 3.72. The Morgan fingerprint density at radius 2 is 2.35 bits per heavy atom. The third kappa shape index (κ3) is 2.53. The molecule has 0 amide bonds. The summed E-state index contributed by atoms with van der Waals surface area (Å²) in [5.41, 5.74) is 7.54. The van der Waals surface area contributed by atoms with Gasteiger partial charge in [-0.05, 0) is 32.4 Å². The lowest BCUT2D eigenvalue weighted by molar-refractivity contribution is 0.180. The largest absolute Gasteiger partial charge is 0.381 e. The van der Waals surface area contributed by atoms with Gasteiger partial charge in [0.15, 0.2) is 0 Å². The number of hydrogen-bond acceptors (Lipinski definition) is 4. The van der Waals surface area contributed by atoms with Gasteiger partial charge in [0.05, 0.1) is 30.7 Å². The zero-order chi connectivity index (χ0) is 14.1. The van der Waals surface area contributed by atoms with Crippen molar-refractivity contribution in [1.29, 1.82) is 0 Å².